The lowest BCUT2D eigenvalue weighted by Crippen LogP contribution is -2.51. The Balaban J connectivity index is 1.87. The van der Waals surface area contributed by atoms with Gasteiger partial charge >= 0.3 is 6.03 Å². The van der Waals surface area contributed by atoms with Crippen LogP contribution >= 0.6 is 0 Å². The second-order valence-electron chi connectivity index (χ2n) is 6.19. The maximum absolute atomic E-state index is 13.3. The third-order valence-electron chi connectivity index (χ3n) is 4.74. The number of halogens is 1. The van der Waals surface area contributed by atoms with E-state index in [1.807, 2.05) is 0 Å². The molecule has 0 unspecified atom stereocenters. The molecule has 3 amide bonds. The van der Waals surface area contributed by atoms with Crippen molar-refractivity contribution in [3.05, 3.63) is 35.6 Å². The maximum Gasteiger partial charge on any atom is 0.325 e. The number of benzene rings is 1. The Kier molecular flexibility index (Phi) is 3.43. The Morgan fingerprint density at radius 2 is 2.05 bits per heavy atom. The van der Waals surface area contributed by atoms with Crippen molar-refractivity contribution < 1.29 is 14.0 Å². The molecule has 1 spiro atoms. The molecule has 1 saturated carbocycles. The van der Waals surface area contributed by atoms with Gasteiger partial charge in [-0.15, -0.1) is 0 Å². The maximum atomic E-state index is 13.3. The third kappa shape index (κ3) is 2.41. The zero-order chi connectivity index (χ0) is 15.0. The van der Waals surface area contributed by atoms with Crippen molar-refractivity contribution in [3.8, 4) is 0 Å². The molecular formula is C16H19FN2O2. The van der Waals surface area contributed by atoms with Gasteiger partial charge in [-0.1, -0.05) is 19.1 Å². The van der Waals surface area contributed by atoms with E-state index in [2.05, 4.69) is 12.2 Å². The smallest absolute Gasteiger partial charge is 0.305 e. The Morgan fingerprint density at radius 3 is 2.71 bits per heavy atom. The second kappa shape index (κ2) is 5.13. The van der Waals surface area contributed by atoms with Crippen LogP contribution in [0.25, 0.3) is 0 Å². The zero-order valence-electron chi connectivity index (χ0n) is 12.1. The van der Waals surface area contributed by atoms with Gasteiger partial charge in [0.05, 0.1) is 0 Å². The molecule has 2 aliphatic rings. The summed E-state index contributed by atoms with van der Waals surface area (Å²) in [5.74, 6) is 0.0516. The summed E-state index contributed by atoms with van der Waals surface area (Å²) in [5.41, 5.74) is -0.0338. The lowest BCUT2D eigenvalue weighted by Gasteiger charge is -2.40. The van der Waals surface area contributed by atoms with Gasteiger partial charge in [-0.25, -0.2) is 9.18 Å². The fraction of sp³-hybridized carbons (Fsp3) is 0.500. The summed E-state index contributed by atoms with van der Waals surface area (Å²) in [7, 11) is 0. The van der Waals surface area contributed by atoms with Crippen LogP contribution in [0, 0.1) is 11.7 Å². The van der Waals surface area contributed by atoms with E-state index in [1.165, 1.54) is 12.1 Å². The fourth-order valence-corrected chi connectivity index (χ4v) is 3.38. The largest absolute Gasteiger partial charge is 0.325 e. The lowest BCUT2D eigenvalue weighted by atomic mass is 9.76. The number of carbonyl (C=O) groups is 2. The summed E-state index contributed by atoms with van der Waals surface area (Å²) in [6, 6.07) is 5.82. The molecule has 112 valence electrons. The van der Waals surface area contributed by atoms with E-state index in [-0.39, 0.29) is 24.3 Å². The van der Waals surface area contributed by atoms with Gasteiger partial charge < -0.3 is 4.90 Å². The molecule has 1 aliphatic heterocycles. The van der Waals surface area contributed by atoms with E-state index in [1.54, 1.807) is 17.0 Å². The minimum atomic E-state index is -0.740. The van der Waals surface area contributed by atoms with E-state index in [0.29, 0.717) is 24.3 Å². The molecule has 5 heteroatoms. The predicted octanol–water partition coefficient (Wildman–Crippen LogP) is 2.83. The Labute approximate surface area is 123 Å². The van der Waals surface area contributed by atoms with Crippen LogP contribution in [0.3, 0.4) is 0 Å². The van der Waals surface area contributed by atoms with Crippen LogP contribution in [0.2, 0.25) is 0 Å². The van der Waals surface area contributed by atoms with Crippen LogP contribution in [0.1, 0.15) is 38.2 Å². The van der Waals surface area contributed by atoms with Crippen molar-refractivity contribution in [2.75, 3.05) is 0 Å². The molecule has 1 aliphatic carbocycles. The Hall–Kier alpha value is -1.91. The number of hydrogen-bond donors (Lipinski definition) is 1. The number of nitrogens with one attached hydrogen (secondary N) is 1. The first-order valence-electron chi connectivity index (χ1n) is 7.39. The summed E-state index contributed by atoms with van der Waals surface area (Å²) in [5, 5.41) is 2.43. The second-order valence-corrected chi connectivity index (χ2v) is 6.19. The van der Waals surface area contributed by atoms with Crippen LogP contribution < -0.4 is 5.32 Å². The highest BCUT2D eigenvalue weighted by Gasteiger charge is 2.53. The molecule has 2 fully saturated rings. The van der Waals surface area contributed by atoms with Crippen molar-refractivity contribution in [2.45, 2.75) is 44.7 Å². The molecule has 0 aromatic heterocycles. The molecule has 1 heterocycles. The minimum Gasteiger partial charge on any atom is -0.305 e. The van der Waals surface area contributed by atoms with E-state index in [9.17, 15) is 14.0 Å². The average molecular weight is 290 g/mol. The summed E-state index contributed by atoms with van der Waals surface area (Å²) in [4.78, 5) is 26.0. The first-order chi connectivity index (χ1) is 10.0. The highest BCUT2D eigenvalue weighted by atomic mass is 19.1. The van der Waals surface area contributed by atoms with Gasteiger partial charge in [0, 0.05) is 6.54 Å². The first-order valence-corrected chi connectivity index (χ1v) is 7.39. The molecule has 1 saturated heterocycles. The highest BCUT2D eigenvalue weighted by molar-refractivity contribution is 6.07. The molecular weight excluding hydrogens is 271 g/mol. The van der Waals surface area contributed by atoms with E-state index >= 15 is 0 Å². The van der Waals surface area contributed by atoms with E-state index in [4.69, 9.17) is 0 Å². The highest BCUT2D eigenvalue weighted by Crippen LogP contribution is 2.40. The third-order valence-corrected chi connectivity index (χ3v) is 4.74. The van der Waals surface area contributed by atoms with Crippen LogP contribution in [0.5, 0.6) is 0 Å². The van der Waals surface area contributed by atoms with Crippen LogP contribution in [0.15, 0.2) is 24.3 Å². The molecule has 21 heavy (non-hydrogen) atoms. The first kappa shape index (κ1) is 14.0. The van der Waals surface area contributed by atoms with Gasteiger partial charge in [0.2, 0.25) is 0 Å². The average Bonchev–Trinajstić information content (AvgIpc) is 2.66. The van der Waals surface area contributed by atoms with Gasteiger partial charge in [-0.05, 0) is 49.3 Å². The number of imide groups is 1. The van der Waals surface area contributed by atoms with Gasteiger partial charge in [-0.2, -0.15) is 0 Å². The number of urea groups is 1. The van der Waals surface area contributed by atoms with Crippen LogP contribution in [-0.2, 0) is 11.3 Å². The van der Waals surface area contributed by atoms with Crippen molar-refractivity contribution in [3.63, 3.8) is 0 Å². The van der Waals surface area contributed by atoms with Gasteiger partial charge in [0.15, 0.2) is 0 Å². The summed E-state index contributed by atoms with van der Waals surface area (Å²) >= 11 is 0. The van der Waals surface area contributed by atoms with E-state index < -0.39 is 5.54 Å². The van der Waals surface area contributed by atoms with Crippen molar-refractivity contribution in [1.82, 2.24) is 10.2 Å². The fourth-order valence-electron chi connectivity index (χ4n) is 3.38. The molecule has 1 aromatic rings. The van der Waals surface area contributed by atoms with Gasteiger partial charge in [-0.3, -0.25) is 10.1 Å². The number of hydrogen-bond acceptors (Lipinski definition) is 2. The molecule has 0 radical (unpaired) electrons. The SMILES string of the molecule is CC1CCC2(CC1)C(=O)NC(=O)N2Cc1cccc(F)c1. The quantitative estimate of drug-likeness (QED) is 0.851. The van der Waals surface area contributed by atoms with Crippen molar-refractivity contribution in [1.29, 1.82) is 0 Å². The predicted molar refractivity (Wildman–Crippen MR) is 75.8 cm³/mol. The monoisotopic (exact) mass is 290 g/mol. The van der Waals surface area contributed by atoms with Crippen LogP contribution in [-0.4, -0.2) is 22.4 Å². The van der Waals surface area contributed by atoms with Gasteiger partial charge in [0.1, 0.15) is 11.4 Å². The van der Waals surface area contributed by atoms with Gasteiger partial charge in [0.25, 0.3) is 5.91 Å². The van der Waals surface area contributed by atoms with Crippen molar-refractivity contribution in [2.24, 2.45) is 5.92 Å². The zero-order valence-corrected chi connectivity index (χ0v) is 12.1. The van der Waals surface area contributed by atoms with Crippen LogP contribution in [0.4, 0.5) is 9.18 Å². The summed E-state index contributed by atoms with van der Waals surface area (Å²) < 4.78 is 13.3. The number of rotatable bonds is 2. The number of amides is 3. The Bertz CT molecular complexity index is 579. The number of carbonyl (C=O) groups excluding carboxylic acids is 2. The normalized spacial score (nSPS) is 29.0. The topological polar surface area (TPSA) is 49.4 Å². The van der Waals surface area contributed by atoms with E-state index in [0.717, 1.165) is 12.8 Å². The Morgan fingerprint density at radius 1 is 1.33 bits per heavy atom. The molecule has 0 bridgehead atoms. The number of nitrogens with zero attached hydrogens (tertiary/aromatic N) is 1. The summed E-state index contributed by atoms with van der Waals surface area (Å²) in [6.45, 7) is 2.43. The van der Waals surface area contributed by atoms with Crippen molar-refractivity contribution >= 4 is 11.9 Å². The lowest BCUT2D eigenvalue weighted by molar-refractivity contribution is -0.128. The molecule has 1 N–H and O–H groups in total. The molecule has 0 atom stereocenters. The molecule has 1 aromatic carbocycles. The standard InChI is InChI=1S/C16H19FN2O2/c1-11-5-7-16(8-6-11)14(20)18-15(21)19(16)10-12-3-2-4-13(17)9-12/h2-4,9,11H,5-8,10H2,1H3,(H,18,20,21). The molecule has 3 rings (SSSR count). The molecule has 4 nitrogen and oxygen atoms in total. The minimum absolute atomic E-state index is 0.198. The summed E-state index contributed by atoms with van der Waals surface area (Å²) in [6.07, 6.45) is 3.23.